The Kier molecular flexibility index (Phi) is 2.38. The number of nitrogen functional groups attached to an aromatic ring is 1. The molecule has 1 heterocycles. The largest absolute Gasteiger partial charge is 0.491 e. The molecule has 0 aliphatic carbocycles. The van der Waals surface area contributed by atoms with Crippen LogP contribution in [0.25, 0.3) is 4.85 Å². The lowest BCUT2D eigenvalue weighted by molar-refractivity contribution is 0.282. The van der Waals surface area contributed by atoms with E-state index in [1.165, 1.54) is 0 Å². The van der Waals surface area contributed by atoms with Gasteiger partial charge in [0.15, 0.2) is 5.69 Å². The molecule has 0 saturated heterocycles. The van der Waals surface area contributed by atoms with Crippen LogP contribution in [-0.2, 0) is 0 Å². The summed E-state index contributed by atoms with van der Waals surface area (Å²) in [6.45, 7) is 9.65. The molecule has 0 bridgehead atoms. The molecule has 0 unspecified atom stereocenters. The van der Waals surface area contributed by atoms with Gasteiger partial charge in [-0.25, -0.2) is 4.85 Å². The van der Waals surface area contributed by atoms with Crippen LogP contribution < -0.4 is 15.8 Å². The van der Waals surface area contributed by atoms with E-state index < -0.39 is 0 Å². The topological polar surface area (TPSA) is 51.6 Å². The molecular formula is C11H13N3O. The summed E-state index contributed by atoms with van der Waals surface area (Å²) in [6, 6.07) is 3.69. The van der Waals surface area contributed by atoms with Gasteiger partial charge in [-0.1, -0.05) is 6.92 Å². The van der Waals surface area contributed by atoms with Crippen LogP contribution in [0.4, 0.5) is 17.1 Å². The highest BCUT2D eigenvalue weighted by Gasteiger charge is 2.19. The van der Waals surface area contributed by atoms with Gasteiger partial charge in [-0.05, 0) is 18.6 Å². The molecule has 78 valence electrons. The Balaban J connectivity index is 2.40. The second kappa shape index (κ2) is 3.70. The van der Waals surface area contributed by atoms with E-state index in [0.29, 0.717) is 29.8 Å². The number of nitrogens with one attached hydrogen (secondary N) is 1. The molecule has 0 amide bonds. The number of benzene rings is 1. The number of hydrogen-bond donors (Lipinski definition) is 2. The van der Waals surface area contributed by atoms with Crippen LogP contribution in [0.5, 0.6) is 5.75 Å². The van der Waals surface area contributed by atoms with E-state index in [2.05, 4.69) is 17.1 Å². The first-order valence-corrected chi connectivity index (χ1v) is 4.95. The van der Waals surface area contributed by atoms with Crippen molar-refractivity contribution in [2.24, 2.45) is 0 Å². The Labute approximate surface area is 88.9 Å². The Bertz CT molecular complexity index is 423. The van der Waals surface area contributed by atoms with Crippen LogP contribution >= 0.6 is 0 Å². The highest BCUT2D eigenvalue weighted by Crippen LogP contribution is 2.38. The van der Waals surface area contributed by atoms with Gasteiger partial charge < -0.3 is 15.8 Å². The number of nitrogens with two attached hydrogens (primary N) is 1. The minimum atomic E-state index is 0.304. The number of nitrogens with zero attached hydrogens (tertiary/aromatic N) is 1. The van der Waals surface area contributed by atoms with Crippen molar-refractivity contribution in [3.63, 3.8) is 0 Å². The molecule has 0 radical (unpaired) electrons. The number of fused-ring (bicyclic) bond motifs is 1. The number of ether oxygens (including phenoxy) is 1. The Morgan fingerprint density at radius 3 is 3.13 bits per heavy atom. The smallest absolute Gasteiger partial charge is 0.193 e. The van der Waals surface area contributed by atoms with Crippen LogP contribution in [0.15, 0.2) is 12.1 Å². The maximum atomic E-state index is 6.93. The van der Waals surface area contributed by atoms with Gasteiger partial charge in [-0.15, -0.1) is 0 Å². The van der Waals surface area contributed by atoms with Gasteiger partial charge >= 0.3 is 0 Å². The molecule has 1 aromatic rings. The van der Waals surface area contributed by atoms with Crippen molar-refractivity contribution >= 4 is 17.1 Å². The van der Waals surface area contributed by atoms with Gasteiger partial charge in [0.25, 0.3) is 0 Å². The Hall–Kier alpha value is -1.89. The molecule has 0 aromatic heterocycles. The average Bonchev–Trinajstić information content (AvgIpc) is 2.28. The number of anilines is 2. The first kappa shape index (κ1) is 9.66. The van der Waals surface area contributed by atoms with Crippen LogP contribution in [-0.4, -0.2) is 12.6 Å². The van der Waals surface area contributed by atoms with Crippen molar-refractivity contribution in [2.45, 2.75) is 19.4 Å². The molecule has 4 heteroatoms. The third kappa shape index (κ3) is 1.68. The van der Waals surface area contributed by atoms with Crippen molar-refractivity contribution in [1.82, 2.24) is 0 Å². The third-order valence-electron chi connectivity index (χ3n) is 2.53. The summed E-state index contributed by atoms with van der Waals surface area (Å²) in [7, 11) is 0. The van der Waals surface area contributed by atoms with Crippen molar-refractivity contribution in [3.05, 3.63) is 23.5 Å². The predicted octanol–water partition coefficient (Wildman–Crippen LogP) is 2.40. The van der Waals surface area contributed by atoms with Gasteiger partial charge in [-0.3, -0.25) is 0 Å². The summed E-state index contributed by atoms with van der Waals surface area (Å²) in [5.41, 5.74) is 7.77. The number of hydrogen-bond acceptors (Lipinski definition) is 3. The van der Waals surface area contributed by atoms with Crippen molar-refractivity contribution in [1.29, 1.82) is 0 Å². The Morgan fingerprint density at radius 1 is 1.67 bits per heavy atom. The van der Waals surface area contributed by atoms with Crippen LogP contribution in [0.2, 0.25) is 0 Å². The van der Waals surface area contributed by atoms with E-state index in [-0.39, 0.29) is 0 Å². The van der Waals surface area contributed by atoms with Gasteiger partial charge in [0.05, 0.1) is 18.3 Å². The molecule has 15 heavy (non-hydrogen) atoms. The molecule has 1 atom stereocenters. The minimum Gasteiger partial charge on any atom is -0.491 e. The fraction of sp³-hybridized carbons (Fsp3) is 0.364. The van der Waals surface area contributed by atoms with E-state index in [9.17, 15) is 0 Å². The summed E-state index contributed by atoms with van der Waals surface area (Å²) in [4.78, 5) is 3.34. The maximum Gasteiger partial charge on any atom is 0.193 e. The second-order valence-corrected chi connectivity index (χ2v) is 3.58. The van der Waals surface area contributed by atoms with Crippen LogP contribution in [0.3, 0.4) is 0 Å². The SMILES string of the molecule is [C-]#[N+]c1cc(N)c2c(c1)OC[C@H](CC)N2. The fourth-order valence-corrected chi connectivity index (χ4v) is 1.61. The van der Waals surface area contributed by atoms with Gasteiger partial charge in [0, 0.05) is 5.69 Å². The quantitative estimate of drug-likeness (QED) is 0.544. The van der Waals surface area contributed by atoms with E-state index in [0.717, 1.165) is 12.1 Å². The summed E-state index contributed by atoms with van der Waals surface area (Å²) in [5.74, 6) is 0.686. The lowest BCUT2D eigenvalue weighted by atomic mass is 10.1. The molecular weight excluding hydrogens is 190 g/mol. The molecule has 0 fully saturated rings. The zero-order valence-electron chi connectivity index (χ0n) is 8.58. The molecule has 3 N–H and O–H groups in total. The fourth-order valence-electron chi connectivity index (χ4n) is 1.61. The highest BCUT2D eigenvalue weighted by molar-refractivity contribution is 5.79. The summed E-state index contributed by atoms with van der Waals surface area (Å²) in [6.07, 6.45) is 0.990. The molecule has 4 nitrogen and oxygen atoms in total. The van der Waals surface area contributed by atoms with Gasteiger partial charge in [0.2, 0.25) is 0 Å². The molecule has 1 aliphatic heterocycles. The first-order chi connectivity index (χ1) is 7.24. The summed E-state index contributed by atoms with van der Waals surface area (Å²) >= 11 is 0. The normalized spacial score (nSPS) is 18.3. The molecule has 2 rings (SSSR count). The predicted molar refractivity (Wildman–Crippen MR) is 60.3 cm³/mol. The van der Waals surface area contributed by atoms with Crippen LogP contribution in [0, 0.1) is 6.57 Å². The van der Waals surface area contributed by atoms with E-state index in [1.807, 2.05) is 0 Å². The van der Waals surface area contributed by atoms with Gasteiger partial charge in [0.1, 0.15) is 12.4 Å². The first-order valence-electron chi connectivity index (χ1n) is 4.95. The van der Waals surface area contributed by atoms with Crippen molar-refractivity contribution in [2.75, 3.05) is 17.7 Å². The third-order valence-corrected chi connectivity index (χ3v) is 2.53. The lowest BCUT2D eigenvalue weighted by Crippen LogP contribution is -2.31. The van der Waals surface area contributed by atoms with Crippen LogP contribution in [0.1, 0.15) is 13.3 Å². The summed E-state index contributed by atoms with van der Waals surface area (Å²) in [5, 5.41) is 3.31. The molecule has 1 aliphatic rings. The molecule has 1 aromatic carbocycles. The zero-order chi connectivity index (χ0) is 10.8. The zero-order valence-corrected chi connectivity index (χ0v) is 8.58. The Morgan fingerprint density at radius 2 is 2.47 bits per heavy atom. The highest BCUT2D eigenvalue weighted by atomic mass is 16.5. The maximum absolute atomic E-state index is 6.93. The monoisotopic (exact) mass is 203 g/mol. The minimum absolute atomic E-state index is 0.304. The standard InChI is InChI=1S/C11H13N3O/c1-3-7-6-15-10-5-8(13-2)4-9(12)11(10)14-7/h4-5,7,14H,3,6,12H2,1H3/t7-/m0/s1. The van der Waals surface area contributed by atoms with E-state index in [4.69, 9.17) is 17.0 Å². The van der Waals surface area contributed by atoms with E-state index >= 15 is 0 Å². The van der Waals surface area contributed by atoms with Gasteiger partial charge in [-0.2, -0.15) is 0 Å². The van der Waals surface area contributed by atoms with E-state index in [1.54, 1.807) is 12.1 Å². The lowest BCUT2D eigenvalue weighted by Gasteiger charge is -2.28. The number of rotatable bonds is 1. The molecule has 0 spiro atoms. The second-order valence-electron chi connectivity index (χ2n) is 3.58. The van der Waals surface area contributed by atoms with Crippen molar-refractivity contribution < 1.29 is 4.74 Å². The molecule has 0 saturated carbocycles. The summed E-state index contributed by atoms with van der Waals surface area (Å²) < 4.78 is 5.56. The average molecular weight is 203 g/mol. The van der Waals surface area contributed by atoms with Crippen molar-refractivity contribution in [3.8, 4) is 5.75 Å².